The quantitative estimate of drug-likeness (QED) is 0.562. The first-order valence-electron chi connectivity index (χ1n) is 7.27. The summed E-state index contributed by atoms with van der Waals surface area (Å²) in [5.41, 5.74) is 5.19. The summed E-state index contributed by atoms with van der Waals surface area (Å²) >= 11 is 0. The molecule has 2 aromatic carbocycles. The van der Waals surface area contributed by atoms with Crippen molar-refractivity contribution in [3.05, 3.63) is 78.1 Å². The highest BCUT2D eigenvalue weighted by molar-refractivity contribution is 5.82. The minimum atomic E-state index is -0.157. The van der Waals surface area contributed by atoms with E-state index in [0.717, 1.165) is 22.6 Å². The van der Waals surface area contributed by atoms with E-state index in [9.17, 15) is 4.79 Å². The average molecular weight is 304 g/mol. The maximum atomic E-state index is 11.8. The molecule has 0 radical (unpaired) electrons. The van der Waals surface area contributed by atoms with Crippen LogP contribution in [0.3, 0.4) is 0 Å². The van der Waals surface area contributed by atoms with E-state index in [0.29, 0.717) is 6.42 Å². The summed E-state index contributed by atoms with van der Waals surface area (Å²) in [6.45, 7) is 0. The largest absolute Gasteiger partial charge is 0.337 e. The van der Waals surface area contributed by atoms with Crippen molar-refractivity contribution < 1.29 is 4.79 Å². The molecule has 1 aromatic heterocycles. The van der Waals surface area contributed by atoms with Crippen molar-refractivity contribution in [1.29, 1.82) is 0 Å². The van der Waals surface area contributed by atoms with Crippen molar-refractivity contribution in [2.45, 2.75) is 6.42 Å². The van der Waals surface area contributed by atoms with Crippen molar-refractivity contribution in [3.8, 4) is 11.4 Å². The lowest BCUT2D eigenvalue weighted by Gasteiger charge is -1.99. The van der Waals surface area contributed by atoms with Gasteiger partial charge in [0.2, 0.25) is 5.91 Å². The number of H-pyrrole nitrogens is 1. The first-order chi connectivity index (χ1) is 11.3. The lowest BCUT2D eigenvalue weighted by atomic mass is 10.1. The predicted molar refractivity (Wildman–Crippen MR) is 89.9 cm³/mol. The third-order valence-corrected chi connectivity index (χ3v) is 3.24. The number of benzene rings is 2. The fraction of sp³-hybridized carbons (Fsp3) is 0.0556. The van der Waals surface area contributed by atoms with Crippen LogP contribution in [0.1, 0.15) is 11.3 Å². The van der Waals surface area contributed by atoms with E-state index in [-0.39, 0.29) is 5.91 Å². The normalized spacial score (nSPS) is 10.8. The minimum absolute atomic E-state index is 0.157. The summed E-state index contributed by atoms with van der Waals surface area (Å²) in [7, 11) is 0. The Morgan fingerprint density at radius 3 is 2.52 bits per heavy atom. The Morgan fingerprint density at radius 1 is 1.09 bits per heavy atom. The predicted octanol–water partition coefficient (Wildman–Crippen LogP) is 2.77. The third kappa shape index (κ3) is 4.14. The molecule has 0 spiro atoms. The molecular formula is C18H16N4O. The molecule has 5 heteroatoms. The fourth-order valence-corrected chi connectivity index (χ4v) is 2.14. The molecule has 114 valence electrons. The van der Waals surface area contributed by atoms with E-state index in [2.05, 4.69) is 20.5 Å². The van der Waals surface area contributed by atoms with Crippen LogP contribution >= 0.6 is 0 Å². The van der Waals surface area contributed by atoms with Crippen LogP contribution in [0, 0.1) is 0 Å². The van der Waals surface area contributed by atoms with Crippen molar-refractivity contribution >= 4 is 12.1 Å². The second kappa shape index (κ2) is 7.17. The summed E-state index contributed by atoms with van der Waals surface area (Å²) < 4.78 is 0. The molecule has 23 heavy (non-hydrogen) atoms. The number of amides is 1. The highest BCUT2D eigenvalue weighted by Crippen LogP contribution is 2.13. The van der Waals surface area contributed by atoms with Gasteiger partial charge < -0.3 is 4.98 Å². The molecule has 0 aliphatic rings. The van der Waals surface area contributed by atoms with E-state index in [1.807, 2.05) is 60.7 Å². The Balaban J connectivity index is 1.56. The molecular weight excluding hydrogens is 288 g/mol. The standard InChI is InChI=1S/C18H16N4O/c23-17(11-14-7-3-1-4-8-14)22-20-13-16-12-19-18(21-16)15-9-5-2-6-10-15/h1-10,12-13H,11H2,(H,19,21)(H,22,23)/b20-13+. The number of rotatable bonds is 5. The monoisotopic (exact) mass is 304 g/mol. The van der Waals surface area contributed by atoms with Gasteiger partial charge >= 0.3 is 0 Å². The SMILES string of the molecule is O=C(Cc1ccccc1)N/N=C/c1cnc(-c2ccccc2)[nH]1. The number of carbonyl (C=O) groups is 1. The number of aromatic amines is 1. The van der Waals surface area contributed by atoms with Gasteiger partial charge in [-0.3, -0.25) is 4.79 Å². The van der Waals surface area contributed by atoms with Crippen molar-refractivity contribution in [1.82, 2.24) is 15.4 Å². The van der Waals surface area contributed by atoms with E-state index in [1.54, 1.807) is 12.4 Å². The van der Waals surface area contributed by atoms with Crippen LogP contribution in [0.5, 0.6) is 0 Å². The minimum Gasteiger partial charge on any atom is -0.337 e. The Kier molecular flexibility index (Phi) is 4.59. The molecule has 5 nitrogen and oxygen atoms in total. The van der Waals surface area contributed by atoms with Crippen LogP contribution in [-0.4, -0.2) is 22.1 Å². The maximum Gasteiger partial charge on any atom is 0.244 e. The number of imidazole rings is 1. The molecule has 0 aliphatic heterocycles. The van der Waals surface area contributed by atoms with Crippen molar-refractivity contribution in [2.24, 2.45) is 5.10 Å². The van der Waals surface area contributed by atoms with Crippen molar-refractivity contribution in [2.75, 3.05) is 0 Å². The molecule has 0 saturated heterocycles. The fourth-order valence-electron chi connectivity index (χ4n) is 2.14. The van der Waals surface area contributed by atoms with Gasteiger partial charge in [-0.05, 0) is 5.56 Å². The van der Waals surface area contributed by atoms with Crippen LogP contribution in [-0.2, 0) is 11.2 Å². The first-order valence-corrected chi connectivity index (χ1v) is 7.27. The van der Waals surface area contributed by atoms with Gasteiger partial charge in [0, 0.05) is 5.56 Å². The second-order valence-corrected chi connectivity index (χ2v) is 5.01. The zero-order valence-corrected chi connectivity index (χ0v) is 12.4. The molecule has 0 unspecified atom stereocenters. The maximum absolute atomic E-state index is 11.8. The molecule has 0 atom stereocenters. The lowest BCUT2D eigenvalue weighted by Crippen LogP contribution is -2.19. The summed E-state index contributed by atoms with van der Waals surface area (Å²) in [5, 5.41) is 3.95. The molecule has 3 aromatic rings. The Bertz CT molecular complexity index is 794. The number of hydrogen-bond acceptors (Lipinski definition) is 3. The number of nitrogens with one attached hydrogen (secondary N) is 2. The highest BCUT2D eigenvalue weighted by Gasteiger charge is 2.02. The van der Waals surface area contributed by atoms with Crippen LogP contribution < -0.4 is 5.43 Å². The van der Waals surface area contributed by atoms with Gasteiger partial charge in [-0.1, -0.05) is 60.7 Å². The topological polar surface area (TPSA) is 70.1 Å². The Morgan fingerprint density at radius 2 is 1.78 bits per heavy atom. The van der Waals surface area contributed by atoms with E-state index in [1.165, 1.54) is 0 Å². The Labute approximate surface area is 134 Å². The first kappa shape index (κ1) is 14.7. The van der Waals surface area contributed by atoms with Gasteiger partial charge in [-0.15, -0.1) is 0 Å². The number of hydrogen-bond donors (Lipinski definition) is 2. The summed E-state index contributed by atoms with van der Waals surface area (Å²) in [6.07, 6.45) is 3.52. The Hall–Kier alpha value is -3.21. The van der Waals surface area contributed by atoms with Crippen molar-refractivity contribution in [3.63, 3.8) is 0 Å². The molecule has 0 aliphatic carbocycles. The van der Waals surface area contributed by atoms with Gasteiger partial charge in [-0.2, -0.15) is 5.10 Å². The van der Waals surface area contributed by atoms with Gasteiger partial charge in [0.15, 0.2) is 0 Å². The summed E-state index contributed by atoms with van der Waals surface area (Å²) in [4.78, 5) is 19.2. The van der Waals surface area contributed by atoms with Crippen LogP contribution in [0.25, 0.3) is 11.4 Å². The van der Waals surface area contributed by atoms with E-state index in [4.69, 9.17) is 0 Å². The van der Waals surface area contributed by atoms with Gasteiger partial charge in [0.1, 0.15) is 5.82 Å². The average Bonchev–Trinajstić information content (AvgIpc) is 3.05. The van der Waals surface area contributed by atoms with E-state index < -0.39 is 0 Å². The number of carbonyl (C=O) groups excluding carboxylic acids is 1. The second-order valence-electron chi connectivity index (χ2n) is 5.01. The van der Waals surface area contributed by atoms with Gasteiger partial charge in [0.25, 0.3) is 0 Å². The van der Waals surface area contributed by atoms with Crippen LogP contribution in [0.2, 0.25) is 0 Å². The third-order valence-electron chi connectivity index (χ3n) is 3.24. The van der Waals surface area contributed by atoms with Gasteiger partial charge in [0.05, 0.1) is 24.5 Å². The zero-order chi connectivity index (χ0) is 15.9. The molecule has 0 bridgehead atoms. The molecule has 2 N–H and O–H groups in total. The van der Waals surface area contributed by atoms with Crippen LogP contribution in [0.15, 0.2) is 72.0 Å². The molecule has 0 saturated carbocycles. The smallest absolute Gasteiger partial charge is 0.244 e. The lowest BCUT2D eigenvalue weighted by molar-refractivity contribution is -0.120. The number of nitrogens with zero attached hydrogens (tertiary/aromatic N) is 2. The zero-order valence-electron chi connectivity index (χ0n) is 12.4. The van der Waals surface area contributed by atoms with Gasteiger partial charge in [-0.25, -0.2) is 10.4 Å². The summed E-state index contributed by atoms with van der Waals surface area (Å²) in [5.74, 6) is 0.609. The molecule has 0 fully saturated rings. The highest BCUT2D eigenvalue weighted by atomic mass is 16.2. The summed E-state index contributed by atoms with van der Waals surface area (Å²) in [6, 6.07) is 19.4. The van der Waals surface area contributed by atoms with Crippen LogP contribution in [0.4, 0.5) is 0 Å². The number of hydrazone groups is 1. The molecule has 1 heterocycles. The van der Waals surface area contributed by atoms with E-state index >= 15 is 0 Å². The molecule has 1 amide bonds. The molecule has 3 rings (SSSR count). The number of aromatic nitrogens is 2.